The number of nitrogens with zero attached hydrogens (tertiary/aromatic N) is 2. The number of carbonyl (C=O) groups is 3. The summed E-state index contributed by atoms with van der Waals surface area (Å²) in [5.41, 5.74) is 1.80. The predicted molar refractivity (Wildman–Crippen MR) is 180 cm³/mol. The minimum absolute atomic E-state index is 0.0753. The first-order valence-electron chi connectivity index (χ1n) is 16.3. The average Bonchev–Trinajstić information content (AvgIpc) is 3.72. The van der Waals surface area contributed by atoms with Gasteiger partial charge in [0.1, 0.15) is 0 Å². The molecule has 1 saturated carbocycles. The SMILES string of the molecule is C[C@@H]1CN(C(OC2CCC(C(=O)O)CC2)(C(=O)Cc2ccc(NC(=O)c3csc4ccccc34)c(Cl)c2)N2CCCC2)C[C@H](C)O1. The van der Waals surface area contributed by atoms with Gasteiger partial charge in [0.05, 0.1) is 40.5 Å². The van der Waals surface area contributed by atoms with Gasteiger partial charge < -0.3 is 19.9 Å². The molecule has 0 spiro atoms. The second-order valence-corrected chi connectivity index (χ2v) is 14.2. The molecule has 2 aromatic carbocycles. The van der Waals surface area contributed by atoms with E-state index in [1.165, 1.54) is 11.3 Å². The lowest BCUT2D eigenvalue weighted by Gasteiger charge is -2.52. The first-order valence-corrected chi connectivity index (χ1v) is 17.5. The number of thiophene rings is 1. The number of halogens is 1. The van der Waals surface area contributed by atoms with Gasteiger partial charge in [0.2, 0.25) is 5.85 Å². The number of likely N-dealkylation sites (tertiary alicyclic amines) is 1. The summed E-state index contributed by atoms with van der Waals surface area (Å²) in [5.74, 6) is -2.76. The van der Waals surface area contributed by atoms with E-state index in [0.717, 1.165) is 41.6 Å². The van der Waals surface area contributed by atoms with E-state index in [1.807, 2.05) is 49.6 Å². The molecule has 1 aromatic heterocycles. The van der Waals surface area contributed by atoms with E-state index >= 15 is 0 Å². The Morgan fingerprint density at radius 3 is 2.39 bits per heavy atom. The minimum Gasteiger partial charge on any atom is -0.481 e. The van der Waals surface area contributed by atoms with Crippen LogP contribution in [0.15, 0.2) is 47.8 Å². The molecule has 3 aromatic rings. The van der Waals surface area contributed by atoms with Crippen LogP contribution in [0.1, 0.15) is 68.3 Å². The van der Waals surface area contributed by atoms with Crippen molar-refractivity contribution < 1.29 is 29.0 Å². The van der Waals surface area contributed by atoms with Crippen molar-refractivity contribution in [3.8, 4) is 0 Å². The van der Waals surface area contributed by atoms with Gasteiger partial charge in [0.25, 0.3) is 5.91 Å². The Balaban J connectivity index is 1.26. The third kappa shape index (κ3) is 6.88. The number of amides is 1. The van der Waals surface area contributed by atoms with Crippen molar-refractivity contribution in [1.82, 2.24) is 9.80 Å². The number of anilines is 1. The first kappa shape index (κ1) is 33.1. The fourth-order valence-corrected chi connectivity index (χ4v) is 8.48. The number of morpholine rings is 1. The van der Waals surface area contributed by atoms with Crippen LogP contribution >= 0.6 is 22.9 Å². The Bertz CT molecular complexity index is 1570. The highest BCUT2D eigenvalue weighted by Gasteiger charge is 2.54. The Labute approximate surface area is 278 Å². The van der Waals surface area contributed by atoms with E-state index in [1.54, 1.807) is 12.1 Å². The number of ketones is 1. The number of ether oxygens (including phenoxy) is 2. The number of aliphatic carboxylic acids is 1. The molecule has 0 bridgehead atoms. The molecule has 3 atom stereocenters. The van der Waals surface area contributed by atoms with Gasteiger partial charge in [-0.15, -0.1) is 11.3 Å². The number of carboxylic acid groups (broad SMARTS) is 1. The van der Waals surface area contributed by atoms with Gasteiger partial charge in [-0.1, -0.05) is 35.9 Å². The summed E-state index contributed by atoms with van der Waals surface area (Å²) in [6, 6.07) is 13.1. The van der Waals surface area contributed by atoms with Crippen molar-refractivity contribution in [3.05, 3.63) is 64.0 Å². The van der Waals surface area contributed by atoms with Gasteiger partial charge in [0.15, 0.2) is 5.78 Å². The van der Waals surface area contributed by atoms with E-state index in [2.05, 4.69) is 15.1 Å². The van der Waals surface area contributed by atoms with Gasteiger partial charge in [0, 0.05) is 48.1 Å². The van der Waals surface area contributed by atoms with Gasteiger partial charge in [-0.2, -0.15) is 0 Å². The molecule has 1 amide bonds. The van der Waals surface area contributed by atoms with E-state index in [4.69, 9.17) is 21.1 Å². The molecule has 6 rings (SSSR count). The Hall–Kier alpha value is -2.86. The minimum atomic E-state index is -1.30. The van der Waals surface area contributed by atoms with E-state index in [-0.39, 0.29) is 42.3 Å². The quantitative estimate of drug-likeness (QED) is 0.255. The topological polar surface area (TPSA) is 108 Å². The smallest absolute Gasteiger partial charge is 0.306 e. The summed E-state index contributed by atoms with van der Waals surface area (Å²) < 4.78 is 14.1. The molecule has 1 aliphatic carbocycles. The molecule has 246 valence electrons. The average molecular weight is 668 g/mol. The second kappa shape index (κ2) is 14.1. The molecule has 2 aliphatic heterocycles. The number of hydrogen-bond acceptors (Lipinski definition) is 8. The number of carboxylic acids is 1. The fourth-order valence-electron chi connectivity index (χ4n) is 7.29. The van der Waals surface area contributed by atoms with Gasteiger partial charge in [-0.3, -0.25) is 24.2 Å². The number of benzene rings is 2. The van der Waals surface area contributed by atoms with Crippen LogP contribution in [0, 0.1) is 5.92 Å². The summed E-state index contributed by atoms with van der Waals surface area (Å²) in [7, 11) is 0. The number of rotatable bonds is 10. The Morgan fingerprint density at radius 2 is 1.72 bits per heavy atom. The van der Waals surface area contributed by atoms with Crippen LogP contribution in [0.3, 0.4) is 0 Å². The van der Waals surface area contributed by atoms with Crippen molar-refractivity contribution in [2.24, 2.45) is 5.92 Å². The van der Waals surface area contributed by atoms with Crippen LogP contribution in [-0.4, -0.2) is 82.9 Å². The fraction of sp³-hybridized carbons (Fsp3) is 0.514. The molecule has 1 unspecified atom stereocenters. The maximum atomic E-state index is 14.8. The molecule has 3 aliphatic rings. The maximum Gasteiger partial charge on any atom is 0.306 e. The van der Waals surface area contributed by atoms with E-state index < -0.39 is 11.8 Å². The highest BCUT2D eigenvalue weighted by atomic mass is 35.5. The van der Waals surface area contributed by atoms with Crippen molar-refractivity contribution >= 4 is 56.4 Å². The van der Waals surface area contributed by atoms with Gasteiger partial charge in [-0.05, 0) is 76.1 Å². The molecule has 46 heavy (non-hydrogen) atoms. The van der Waals surface area contributed by atoms with Crippen LogP contribution in [0.4, 0.5) is 5.69 Å². The summed E-state index contributed by atoms with van der Waals surface area (Å²) in [4.78, 5) is 43.9. The number of hydrogen-bond donors (Lipinski definition) is 2. The second-order valence-electron chi connectivity index (χ2n) is 12.9. The van der Waals surface area contributed by atoms with Crippen molar-refractivity contribution in [3.63, 3.8) is 0 Å². The van der Waals surface area contributed by atoms with Gasteiger partial charge >= 0.3 is 5.97 Å². The molecule has 11 heteroatoms. The molecule has 2 N–H and O–H groups in total. The van der Waals surface area contributed by atoms with Crippen LogP contribution in [-0.2, 0) is 25.5 Å². The van der Waals surface area contributed by atoms with Crippen LogP contribution in [0.5, 0.6) is 0 Å². The number of Topliss-reactive ketones (excluding diaryl/α,β-unsaturated/α-hetero) is 1. The normalized spacial score (nSPS) is 25.7. The van der Waals surface area contributed by atoms with Crippen LogP contribution in [0.2, 0.25) is 5.02 Å². The molecular formula is C35H42ClN3O6S. The largest absolute Gasteiger partial charge is 0.481 e. The van der Waals surface area contributed by atoms with Crippen molar-refractivity contribution in [1.29, 1.82) is 0 Å². The lowest BCUT2D eigenvalue weighted by molar-refractivity contribution is -0.274. The van der Waals surface area contributed by atoms with E-state index in [9.17, 15) is 19.5 Å². The molecule has 0 radical (unpaired) electrons. The number of fused-ring (bicyclic) bond motifs is 1. The Kier molecular flexibility index (Phi) is 10.1. The molecule has 9 nitrogen and oxygen atoms in total. The van der Waals surface area contributed by atoms with Crippen molar-refractivity contribution in [2.45, 2.75) is 83.0 Å². The van der Waals surface area contributed by atoms with E-state index in [0.29, 0.717) is 55.0 Å². The third-order valence-corrected chi connectivity index (χ3v) is 10.7. The van der Waals surface area contributed by atoms with Crippen molar-refractivity contribution in [2.75, 3.05) is 31.5 Å². The zero-order chi connectivity index (χ0) is 32.4. The standard InChI is InChI=1S/C35H42ClN3O6S/c1-22-19-39(20-23(2)44-22)35(38-15-5-6-16-38,45-26-12-10-25(11-13-26)34(42)43)32(40)18-24-9-14-30(29(36)17-24)37-33(41)28-21-46-31-8-4-3-7-27(28)31/h3-4,7-9,14,17,21-23,25-26H,5-6,10-13,15-16,18-20H2,1-2H3,(H,37,41)(H,42,43)/t22-,23+,25?,26?,35?. The van der Waals surface area contributed by atoms with Crippen LogP contribution < -0.4 is 5.32 Å². The zero-order valence-corrected chi connectivity index (χ0v) is 27.9. The summed E-state index contributed by atoms with van der Waals surface area (Å²) >= 11 is 8.24. The zero-order valence-electron chi connectivity index (χ0n) is 26.4. The molecule has 3 fully saturated rings. The summed E-state index contributed by atoms with van der Waals surface area (Å²) in [5, 5.41) is 15.6. The molecule has 3 heterocycles. The molecule has 2 saturated heterocycles. The third-order valence-electron chi connectivity index (χ3n) is 9.47. The highest BCUT2D eigenvalue weighted by Crippen LogP contribution is 2.38. The number of nitrogens with one attached hydrogen (secondary N) is 1. The maximum absolute atomic E-state index is 14.8. The first-order chi connectivity index (χ1) is 22.1. The Morgan fingerprint density at radius 1 is 1.02 bits per heavy atom. The summed E-state index contributed by atoms with van der Waals surface area (Å²) in [6.45, 7) is 6.59. The predicted octanol–water partition coefficient (Wildman–Crippen LogP) is 6.44. The highest BCUT2D eigenvalue weighted by molar-refractivity contribution is 7.17. The number of carbonyl (C=O) groups excluding carboxylic acids is 2. The molecular weight excluding hydrogens is 626 g/mol. The lowest BCUT2D eigenvalue weighted by Crippen LogP contribution is -2.71. The lowest BCUT2D eigenvalue weighted by atomic mass is 9.87. The summed E-state index contributed by atoms with van der Waals surface area (Å²) in [6.07, 6.45) is 3.88. The van der Waals surface area contributed by atoms with Gasteiger partial charge in [-0.25, -0.2) is 0 Å². The van der Waals surface area contributed by atoms with Crippen LogP contribution in [0.25, 0.3) is 10.1 Å². The monoisotopic (exact) mass is 667 g/mol.